The van der Waals surface area contributed by atoms with Gasteiger partial charge in [0.15, 0.2) is 6.61 Å². The maximum absolute atomic E-state index is 11.9. The predicted octanol–water partition coefficient (Wildman–Crippen LogP) is 3.50. The van der Waals surface area contributed by atoms with Gasteiger partial charge in [0.2, 0.25) is 5.91 Å². The highest BCUT2D eigenvalue weighted by Gasteiger charge is 2.16. The van der Waals surface area contributed by atoms with Crippen LogP contribution in [0.15, 0.2) is 48.5 Å². The first-order chi connectivity index (χ1) is 14.6. The van der Waals surface area contributed by atoms with Crippen LogP contribution in [0.1, 0.15) is 26.3 Å². The lowest BCUT2D eigenvalue weighted by molar-refractivity contribution is -0.123. The van der Waals surface area contributed by atoms with Crippen LogP contribution < -0.4 is 20.7 Å². The Morgan fingerprint density at radius 3 is 2.16 bits per heavy atom. The number of alkyl carbamates (subject to hydrolysis) is 1. The van der Waals surface area contributed by atoms with Crippen molar-refractivity contribution < 1.29 is 23.9 Å². The van der Waals surface area contributed by atoms with Crippen molar-refractivity contribution in [3.8, 4) is 5.75 Å². The van der Waals surface area contributed by atoms with Gasteiger partial charge in [0, 0.05) is 17.3 Å². The Morgan fingerprint density at radius 1 is 0.903 bits per heavy atom. The maximum Gasteiger partial charge on any atom is 0.408 e. The number of nitrogens with one attached hydrogen (secondary N) is 3. The second-order valence-electron chi connectivity index (χ2n) is 7.62. The highest BCUT2D eigenvalue weighted by atomic mass is 35.5. The van der Waals surface area contributed by atoms with E-state index < -0.39 is 11.7 Å². The van der Waals surface area contributed by atoms with Crippen LogP contribution in [-0.4, -0.2) is 36.7 Å². The van der Waals surface area contributed by atoms with Crippen LogP contribution in [-0.2, 0) is 20.9 Å². The molecule has 0 bridgehead atoms. The molecule has 2 rings (SSSR count). The third kappa shape index (κ3) is 9.86. The van der Waals surface area contributed by atoms with Gasteiger partial charge in [0.25, 0.3) is 5.91 Å². The Bertz CT molecular complexity index is 893. The van der Waals surface area contributed by atoms with Crippen molar-refractivity contribution in [2.45, 2.75) is 32.9 Å². The van der Waals surface area contributed by atoms with Crippen molar-refractivity contribution in [1.82, 2.24) is 10.6 Å². The maximum atomic E-state index is 11.9. The molecule has 0 atom stereocenters. The minimum atomic E-state index is -0.659. The molecule has 9 heteroatoms. The van der Waals surface area contributed by atoms with Crippen LogP contribution in [0.25, 0.3) is 0 Å². The van der Waals surface area contributed by atoms with Crippen LogP contribution >= 0.6 is 11.6 Å². The largest absolute Gasteiger partial charge is 0.484 e. The van der Waals surface area contributed by atoms with Crippen molar-refractivity contribution in [3.63, 3.8) is 0 Å². The van der Waals surface area contributed by atoms with Gasteiger partial charge in [-0.05, 0) is 62.7 Å². The second kappa shape index (κ2) is 11.2. The van der Waals surface area contributed by atoms with E-state index >= 15 is 0 Å². The topological polar surface area (TPSA) is 106 Å². The number of amides is 3. The fraction of sp³-hybridized carbons (Fsp3) is 0.318. The molecule has 0 saturated heterocycles. The molecule has 0 fully saturated rings. The molecule has 0 spiro atoms. The molecule has 0 aliphatic heterocycles. The van der Waals surface area contributed by atoms with Gasteiger partial charge in [-0.2, -0.15) is 0 Å². The van der Waals surface area contributed by atoms with E-state index in [0.717, 1.165) is 5.56 Å². The number of carbonyl (C=O) groups excluding carboxylic acids is 3. The van der Waals surface area contributed by atoms with Crippen molar-refractivity contribution in [2.24, 2.45) is 0 Å². The predicted molar refractivity (Wildman–Crippen MR) is 118 cm³/mol. The monoisotopic (exact) mass is 447 g/mol. The van der Waals surface area contributed by atoms with Crippen molar-refractivity contribution in [3.05, 3.63) is 59.1 Å². The van der Waals surface area contributed by atoms with Crippen LogP contribution in [0.4, 0.5) is 10.5 Å². The lowest BCUT2D eigenvalue weighted by atomic mass is 10.2. The van der Waals surface area contributed by atoms with Gasteiger partial charge in [0.1, 0.15) is 17.9 Å². The Labute approximate surface area is 186 Å². The summed E-state index contributed by atoms with van der Waals surface area (Å²) in [6.45, 7) is 5.22. The molecule has 0 aliphatic rings. The summed E-state index contributed by atoms with van der Waals surface area (Å²) in [6.07, 6.45) is -0.659. The number of halogens is 1. The molecular formula is C22H26ClN3O5. The highest BCUT2D eigenvalue weighted by molar-refractivity contribution is 6.30. The summed E-state index contributed by atoms with van der Waals surface area (Å²) in [7, 11) is 0. The highest BCUT2D eigenvalue weighted by Crippen LogP contribution is 2.15. The van der Waals surface area contributed by atoms with E-state index in [9.17, 15) is 14.4 Å². The summed E-state index contributed by atoms with van der Waals surface area (Å²) in [5, 5.41) is 8.41. The minimum Gasteiger partial charge on any atom is -0.484 e. The first-order valence-corrected chi connectivity index (χ1v) is 9.99. The Morgan fingerprint density at radius 2 is 1.55 bits per heavy atom. The third-order valence-corrected chi connectivity index (χ3v) is 3.96. The number of hydrogen-bond donors (Lipinski definition) is 3. The van der Waals surface area contributed by atoms with E-state index in [-0.39, 0.29) is 25.0 Å². The molecule has 166 valence electrons. The summed E-state index contributed by atoms with van der Waals surface area (Å²) in [5.74, 6) is -0.0902. The van der Waals surface area contributed by atoms with Gasteiger partial charge in [-0.15, -0.1) is 0 Å². The van der Waals surface area contributed by atoms with E-state index in [1.807, 2.05) is 0 Å². The Balaban J connectivity index is 1.69. The molecule has 0 saturated carbocycles. The lowest BCUT2D eigenvalue weighted by Gasteiger charge is -2.19. The summed E-state index contributed by atoms with van der Waals surface area (Å²) < 4.78 is 10.5. The van der Waals surface area contributed by atoms with Gasteiger partial charge in [0.05, 0.1) is 0 Å². The van der Waals surface area contributed by atoms with Crippen molar-refractivity contribution in [1.29, 1.82) is 0 Å². The number of benzene rings is 2. The molecule has 0 radical (unpaired) electrons. The molecule has 8 nitrogen and oxygen atoms in total. The molecule has 3 N–H and O–H groups in total. The smallest absolute Gasteiger partial charge is 0.408 e. The van der Waals surface area contributed by atoms with E-state index in [1.54, 1.807) is 69.3 Å². The molecule has 31 heavy (non-hydrogen) atoms. The SMILES string of the molecule is CC(C)(C)OC(=O)NCC(=O)Nc1ccc(CNC(=O)COc2ccc(Cl)cc2)cc1. The summed E-state index contributed by atoms with van der Waals surface area (Å²) in [5.41, 5.74) is 0.787. The third-order valence-electron chi connectivity index (χ3n) is 3.70. The zero-order valence-corrected chi connectivity index (χ0v) is 18.4. The average Bonchev–Trinajstić information content (AvgIpc) is 2.70. The zero-order chi connectivity index (χ0) is 22.9. The number of ether oxygens (including phenoxy) is 2. The first-order valence-electron chi connectivity index (χ1n) is 9.61. The van der Waals surface area contributed by atoms with E-state index in [1.165, 1.54) is 0 Å². The molecule has 0 heterocycles. The lowest BCUT2D eigenvalue weighted by Crippen LogP contribution is -2.37. The molecule has 2 aromatic rings. The van der Waals surface area contributed by atoms with E-state index in [0.29, 0.717) is 23.0 Å². The average molecular weight is 448 g/mol. The standard InChI is InChI=1S/C22H26ClN3O5/c1-22(2,3)31-21(29)25-13-19(27)26-17-8-4-15(5-9-17)12-24-20(28)14-30-18-10-6-16(23)7-11-18/h4-11H,12-14H2,1-3H3,(H,24,28)(H,25,29)(H,26,27). The zero-order valence-electron chi connectivity index (χ0n) is 17.7. The van der Waals surface area contributed by atoms with Crippen LogP contribution in [0.2, 0.25) is 5.02 Å². The summed E-state index contributed by atoms with van der Waals surface area (Å²) in [4.78, 5) is 35.4. The number of carbonyl (C=O) groups is 3. The second-order valence-corrected chi connectivity index (χ2v) is 8.06. The molecule has 0 aliphatic carbocycles. The van der Waals surface area contributed by atoms with Gasteiger partial charge >= 0.3 is 6.09 Å². The molecule has 3 amide bonds. The number of anilines is 1. The van der Waals surface area contributed by atoms with E-state index in [2.05, 4.69) is 16.0 Å². The number of rotatable bonds is 8. The van der Waals surface area contributed by atoms with Gasteiger partial charge in [-0.3, -0.25) is 9.59 Å². The van der Waals surface area contributed by atoms with Crippen LogP contribution in [0.3, 0.4) is 0 Å². The van der Waals surface area contributed by atoms with Gasteiger partial charge < -0.3 is 25.4 Å². The summed E-state index contributed by atoms with van der Waals surface area (Å²) >= 11 is 5.80. The number of hydrogen-bond acceptors (Lipinski definition) is 5. The molecular weight excluding hydrogens is 422 g/mol. The molecule has 0 unspecified atom stereocenters. The van der Waals surface area contributed by atoms with Gasteiger partial charge in [-0.1, -0.05) is 23.7 Å². The first kappa shape index (κ1) is 24.0. The normalized spacial score (nSPS) is 10.7. The molecule has 0 aromatic heterocycles. The van der Waals surface area contributed by atoms with Crippen molar-refractivity contribution >= 4 is 35.2 Å². The quantitative estimate of drug-likeness (QED) is 0.574. The van der Waals surface area contributed by atoms with Crippen molar-refractivity contribution in [2.75, 3.05) is 18.5 Å². The van der Waals surface area contributed by atoms with E-state index in [4.69, 9.17) is 21.1 Å². The fourth-order valence-electron chi connectivity index (χ4n) is 2.31. The summed E-state index contributed by atoms with van der Waals surface area (Å²) in [6, 6.07) is 13.7. The van der Waals surface area contributed by atoms with Crippen LogP contribution in [0.5, 0.6) is 5.75 Å². The minimum absolute atomic E-state index is 0.111. The fourth-order valence-corrected chi connectivity index (χ4v) is 2.44. The Kier molecular flexibility index (Phi) is 8.69. The molecule has 2 aromatic carbocycles. The van der Waals surface area contributed by atoms with Crippen LogP contribution in [0, 0.1) is 0 Å². The Hall–Kier alpha value is -3.26. The van der Waals surface area contributed by atoms with Gasteiger partial charge in [-0.25, -0.2) is 4.79 Å².